The maximum atomic E-state index is 7.09. The Hall–Kier alpha value is -12.8. The quantitative estimate of drug-likeness (QED) is 0.129. The van der Waals surface area contributed by atoms with Gasteiger partial charge in [0.15, 0.2) is 0 Å². The lowest BCUT2D eigenvalue weighted by atomic mass is 9.77. The van der Waals surface area contributed by atoms with Crippen molar-refractivity contribution in [3.63, 3.8) is 0 Å². The highest BCUT2D eigenvalue weighted by Gasteiger charge is 2.37. The van der Waals surface area contributed by atoms with Crippen LogP contribution in [0.2, 0.25) is 0 Å². The predicted molar refractivity (Wildman–Crippen MR) is 413 cm³/mol. The second kappa shape index (κ2) is 22.9. The van der Waals surface area contributed by atoms with Crippen LogP contribution in [0.15, 0.2) is 355 Å². The monoisotopic (exact) mass is 1260 g/mol. The number of benzene rings is 16. The van der Waals surface area contributed by atoms with Crippen molar-refractivity contribution in [2.45, 2.75) is 12.8 Å². The Morgan fingerprint density at radius 3 is 1.29 bits per heavy atom. The molecular weight excluding hydrogens is 1200 g/mol. The molecule has 2 aromatic heterocycles. The molecule has 0 amide bonds. The summed E-state index contributed by atoms with van der Waals surface area (Å²) in [7, 11) is 0. The summed E-state index contributed by atoms with van der Waals surface area (Å²) >= 11 is 0. The number of furan rings is 2. The molecule has 0 bridgehead atoms. The molecule has 3 heteroatoms. The molecule has 18 aromatic rings. The van der Waals surface area contributed by atoms with Crippen LogP contribution in [0.5, 0.6) is 0 Å². The molecule has 0 saturated heterocycles. The van der Waals surface area contributed by atoms with Crippen LogP contribution in [0.1, 0.15) is 22.3 Å². The Morgan fingerprint density at radius 1 is 0.222 bits per heavy atom. The number of hydrogen-bond donors (Lipinski definition) is 0. The molecule has 0 N–H and O–H groups in total. The molecule has 2 heterocycles. The molecule has 2 aliphatic carbocycles. The molecule has 0 unspecified atom stereocenters. The second-order valence-electron chi connectivity index (χ2n) is 26.3. The fourth-order valence-electron chi connectivity index (χ4n) is 16.8. The highest BCUT2D eigenvalue weighted by atomic mass is 16.3. The van der Waals surface area contributed by atoms with Crippen molar-refractivity contribution in [2.75, 3.05) is 4.90 Å². The average molecular weight is 1260 g/mol. The Bertz CT molecular complexity index is 6270. The molecule has 0 radical (unpaired) electrons. The first-order valence-electron chi connectivity index (χ1n) is 34.3. The molecule has 0 fully saturated rings. The summed E-state index contributed by atoms with van der Waals surface area (Å²) in [6.45, 7) is 0. The zero-order chi connectivity index (χ0) is 65.1. The SMILES string of the molecule is c1ccc(-c2cc3c(c(-c4ccc(N(c5ccccc5-c5cccc6oc7ccccc7c56)c5c6c(cc(-c7ccccc7)c5-c5ccccc5)-c5ccccc5C6)c(-c5cccc6ccccc56)c4-c4cccc5oc6ccccc6c45)c2-c2ccccc2)Cc2ccccc2-3)cc1. The van der Waals surface area contributed by atoms with E-state index in [1.54, 1.807) is 0 Å². The first-order valence-corrected chi connectivity index (χ1v) is 34.3. The number of anilines is 3. The van der Waals surface area contributed by atoms with Crippen LogP contribution in [-0.2, 0) is 12.8 Å². The summed E-state index contributed by atoms with van der Waals surface area (Å²) < 4.78 is 13.9. The minimum atomic E-state index is 0.713. The van der Waals surface area contributed by atoms with E-state index in [1.165, 1.54) is 61.2 Å². The van der Waals surface area contributed by atoms with Crippen LogP contribution in [0.4, 0.5) is 17.1 Å². The van der Waals surface area contributed by atoms with Crippen molar-refractivity contribution in [3.8, 4) is 111 Å². The van der Waals surface area contributed by atoms with E-state index < -0.39 is 0 Å². The van der Waals surface area contributed by atoms with E-state index in [1.807, 2.05) is 0 Å². The molecule has 462 valence electrons. The molecule has 0 aliphatic heterocycles. The number of hydrogen-bond acceptors (Lipinski definition) is 3. The lowest BCUT2D eigenvalue weighted by Crippen LogP contribution is -2.17. The van der Waals surface area contributed by atoms with Crippen molar-refractivity contribution in [1.29, 1.82) is 0 Å². The molecule has 20 rings (SSSR count). The Balaban J connectivity index is 1.04. The zero-order valence-electron chi connectivity index (χ0n) is 54.1. The van der Waals surface area contributed by atoms with E-state index in [0.29, 0.717) is 6.42 Å². The van der Waals surface area contributed by atoms with Gasteiger partial charge in [0.05, 0.1) is 17.1 Å². The largest absolute Gasteiger partial charge is 0.456 e. The summed E-state index contributed by atoms with van der Waals surface area (Å²) in [6.07, 6.45) is 1.47. The van der Waals surface area contributed by atoms with Crippen LogP contribution in [-0.4, -0.2) is 0 Å². The van der Waals surface area contributed by atoms with Crippen LogP contribution in [0.3, 0.4) is 0 Å². The van der Waals surface area contributed by atoms with E-state index in [-0.39, 0.29) is 0 Å². The number of fused-ring (bicyclic) bond motifs is 13. The fourth-order valence-corrected chi connectivity index (χ4v) is 16.8. The van der Waals surface area contributed by atoms with Crippen LogP contribution >= 0.6 is 0 Å². The lowest BCUT2D eigenvalue weighted by Gasteiger charge is -2.36. The third-order valence-electron chi connectivity index (χ3n) is 21.0. The molecule has 2 aliphatic rings. The van der Waals surface area contributed by atoms with Gasteiger partial charge in [0.2, 0.25) is 0 Å². The maximum Gasteiger partial charge on any atom is 0.136 e. The molecular formula is C96H61NO2. The normalized spacial score (nSPS) is 12.2. The average Bonchev–Trinajstić information content (AvgIpc) is 1.70. The molecule has 99 heavy (non-hydrogen) atoms. The van der Waals surface area contributed by atoms with Crippen molar-refractivity contribution >= 4 is 71.7 Å². The third kappa shape index (κ3) is 8.98. The Morgan fingerprint density at radius 2 is 0.657 bits per heavy atom. The minimum absolute atomic E-state index is 0.713. The van der Waals surface area contributed by atoms with E-state index in [9.17, 15) is 0 Å². The minimum Gasteiger partial charge on any atom is -0.456 e. The lowest BCUT2D eigenvalue weighted by molar-refractivity contribution is 0.668. The Kier molecular flexibility index (Phi) is 13.1. The molecule has 3 nitrogen and oxygen atoms in total. The first-order chi connectivity index (χ1) is 49.2. The van der Waals surface area contributed by atoms with Gasteiger partial charge in [0, 0.05) is 50.2 Å². The number of nitrogens with zero attached hydrogens (tertiary/aromatic N) is 1. The molecule has 0 atom stereocenters. The number of rotatable bonds is 11. The van der Waals surface area contributed by atoms with Crippen LogP contribution in [0.25, 0.3) is 166 Å². The predicted octanol–water partition coefficient (Wildman–Crippen LogP) is 26.6. The Labute approximate surface area is 574 Å². The fraction of sp³-hybridized carbons (Fsp3) is 0.0208. The van der Waals surface area contributed by atoms with E-state index in [2.05, 4.69) is 351 Å². The summed E-state index contributed by atoms with van der Waals surface area (Å²) in [5, 5.41) is 6.56. The summed E-state index contributed by atoms with van der Waals surface area (Å²) in [5.41, 5.74) is 34.8. The van der Waals surface area contributed by atoms with Gasteiger partial charge < -0.3 is 13.7 Å². The van der Waals surface area contributed by atoms with E-state index >= 15 is 0 Å². The van der Waals surface area contributed by atoms with Gasteiger partial charge in [-0.2, -0.15) is 0 Å². The molecule has 0 spiro atoms. The van der Waals surface area contributed by atoms with Gasteiger partial charge in [-0.15, -0.1) is 0 Å². The topological polar surface area (TPSA) is 29.5 Å². The summed E-state index contributed by atoms with van der Waals surface area (Å²) in [5.74, 6) is 0. The third-order valence-corrected chi connectivity index (χ3v) is 21.0. The van der Waals surface area contributed by atoms with Gasteiger partial charge >= 0.3 is 0 Å². The molecule has 0 saturated carbocycles. The van der Waals surface area contributed by atoms with Gasteiger partial charge in [0.25, 0.3) is 0 Å². The molecule has 16 aromatic carbocycles. The van der Waals surface area contributed by atoms with Crippen LogP contribution in [0, 0.1) is 0 Å². The van der Waals surface area contributed by atoms with E-state index in [0.717, 1.165) is 150 Å². The highest BCUT2D eigenvalue weighted by Crippen LogP contribution is 2.61. The van der Waals surface area contributed by atoms with Crippen LogP contribution < -0.4 is 4.90 Å². The second-order valence-corrected chi connectivity index (χ2v) is 26.3. The van der Waals surface area contributed by atoms with Gasteiger partial charge in [-0.05, 0) is 177 Å². The zero-order valence-corrected chi connectivity index (χ0v) is 54.1. The van der Waals surface area contributed by atoms with Gasteiger partial charge in [-0.3, -0.25) is 0 Å². The van der Waals surface area contributed by atoms with Crippen molar-refractivity contribution in [3.05, 3.63) is 368 Å². The van der Waals surface area contributed by atoms with Crippen molar-refractivity contribution in [1.82, 2.24) is 0 Å². The maximum absolute atomic E-state index is 7.09. The highest BCUT2D eigenvalue weighted by molar-refractivity contribution is 6.22. The first kappa shape index (κ1) is 56.5. The van der Waals surface area contributed by atoms with Gasteiger partial charge in [-0.1, -0.05) is 297 Å². The smallest absolute Gasteiger partial charge is 0.136 e. The van der Waals surface area contributed by atoms with Crippen molar-refractivity contribution < 1.29 is 8.83 Å². The van der Waals surface area contributed by atoms with Gasteiger partial charge in [-0.25, -0.2) is 0 Å². The summed E-state index contributed by atoms with van der Waals surface area (Å²) in [4.78, 5) is 2.71. The van der Waals surface area contributed by atoms with Gasteiger partial charge in [0.1, 0.15) is 22.3 Å². The standard InChI is InChI=1S/C96H61NO2/c1-5-28-61(29-6-1)77-58-79-68-41-17-14-37-65(68)56-81(79)94(89(77)63-33-9-3-10-34-63)76-54-55-84(95(71-46-25-39-60-32-13-16-40-67(60)71)93(76)75-48-27-53-88-92(75)74-45-21-24-51-86(74)99-88)97(83-49-22-19-43-70(83)72-47-26-52-87-91(72)73-44-20-23-50-85(73)98-87)96-82-57-66-38-15-18-42-69(66)80(82)59-78(62-30-7-2-8-31-62)90(96)64-35-11-4-12-36-64/h1-55,58-59H,56-57H2. The number of para-hydroxylation sites is 3. The van der Waals surface area contributed by atoms with E-state index in [4.69, 9.17) is 8.83 Å². The van der Waals surface area contributed by atoms with Crippen molar-refractivity contribution in [2.24, 2.45) is 0 Å². The summed E-state index contributed by atoms with van der Waals surface area (Å²) in [6, 6.07) is 128.